The molecule has 0 amide bonds. The predicted octanol–water partition coefficient (Wildman–Crippen LogP) is 6.52. The van der Waals surface area contributed by atoms with Crippen molar-refractivity contribution in [1.82, 2.24) is 10.6 Å². The van der Waals surface area contributed by atoms with Crippen molar-refractivity contribution in [2.45, 2.75) is 24.2 Å². The zero-order chi connectivity index (χ0) is 26.4. The fraction of sp³-hybridized carbons (Fsp3) is 0.194. The molecule has 4 aromatic rings. The molecule has 2 heterocycles. The van der Waals surface area contributed by atoms with Gasteiger partial charge in [-0.1, -0.05) is 48.5 Å². The van der Waals surface area contributed by atoms with E-state index in [1.54, 1.807) is 48.5 Å². The lowest BCUT2D eigenvalue weighted by Gasteiger charge is -2.52. The molecule has 7 heteroatoms. The van der Waals surface area contributed by atoms with Crippen LogP contribution in [0, 0.1) is 35.1 Å². The summed E-state index contributed by atoms with van der Waals surface area (Å²) < 4.78 is 55.2. The van der Waals surface area contributed by atoms with E-state index in [-0.39, 0.29) is 5.78 Å². The van der Waals surface area contributed by atoms with E-state index in [0.717, 1.165) is 22.3 Å². The maximum Gasteiger partial charge on any atom is 0.146 e. The van der Waals surface area contributed by atoms with Crippen molar-refractivity contribution < 1.29 is 22.4 Å². The van der Waals surface area contributed by atoms with Crippen LogP contribution in [-0.4, -0.2) is 5.78 Å². The van der Waals surface area contributed by atoms with Gasteiger partial charge in [0.25, 0.3) is 0 Å². The SMILES string of the molecule is O=C1C2[C@@H](c3ccc(F)cc3)N[C@H](c3ccc(F)cc3)C1[C@H](c1ccc(F)cc1)N[C@H]2c1ccc(F)cc1. The van der Waals surface area contributed by atoms with Crippen LogP contribution in [0.1, 0.15) is 46.4 Å². The monoisotopic (exact) mass is 516 g/mol. The van der Waals surface area contributed by atoms with Gasteiger partial charge in [-0.15, -0.1) is 0 Å². The van der Waals surface area contributed by atoms with E-state index < -0.39 is 59.3 Å². The van der Waals surface area contributed by atoms with Crippen LogP contribution in [-0.2, 0) is 4.79 Å². The molecule has 2 aliphatic heterocycles. The zero-order valence-corrected chi connectivity index (χ0v) is 20.1. The molecular weight excluding hydrogens is 492 g/mol. The lowest BCUT2D eigenvalue weighted by molar-refractivity contribution is -0.139. The number of fused-ring (bicyclic) bond motifs is 2. The first-order chi connectivity index (χ1) is 18.4. The van der Waals surface area contributed by atoms with E-state index in [2.05, 4.69) is 10.6 Å². The van der Waals surface area contributed by atoms with Gasteiger partial charge < -0.3 is 10.6 Å². The topological polar surface area (TPSA) is 41.1 Å². The largest absolute Gasteiger partial charge is 0.302 e. The van der Waals surface area contributed by atoms with Gasteiger partial charge in [-0.3, -0.25) is 4.79 Å². The third kappa shape index (κ3) is 4.42. The number of halogens is 4. The van der Waals surface area contributed by atoms with Gasteiger partial charge in [0, 0.05) is 24.2 Å². The predicted molar refractivity (Wildman–Crippen MR) is 135 cm³/mol. The number of rotatable bonds is 4. The van der Waals surface area contributed by atoms with Crippen LogP contribution in [0.3, 0.4) is 0 Å². The maximum absolute atomic E-state index is 14.4. The van der Waals surface area contributed by atoms with Crippen LogP contribution in [0.2, 0.25) is 0 Å². The average molecular weight is 517 g/mol. The van der Waals surface area contributed by atoms with Crippen LogP contribution in [0.4, 0.5) is 17.6 Å². The second-order valence-electron chi connectivity index (χ2n) is 9.90. The average Bonchev–Trinajstić information content (AvgIpc) is 2.91. The summed E-state index contributed by atoms with van der Waals surface area (Å²) in [6, 6.07) is 22.0. The van der Waals surface area contributed by atoms with Crippen LogP contribution < -0.4 is 10.6 Å². The summed E-state index contributed by atoms with van der Waals surface area (Å²) in [6.07, 6.45) is 0. The van der Waals surface area contributed by atoms with Crippen LogP contribution in [0.5, 0.6) is 0 Å². The van der Waals surface area contributed by atoms with Gasteiger partial charge in [0.15, 0.2) is 0 Å². The number of carbonyl (C=O) groups is 1. The van der Waals surface area contributed by atoms with Gasteiger partial charge in [0.2, 0.25) is 0 Å². The molecule has 2 bridgehead atoms. The molecule has 6 atom stereocenters. The van der Waals surface area contributed by atoms with Crippen molar-refractivity contribution in [2.24, 2.45) is 11.8 Å². The van der Waals surface area contributed by atoms with Crippen molar-refractivity contribution in [3.63, 3.8) is 0 Å². The van der Waals surface area contributed by atoms with Crippen molar-refractivity contribution in [3.05, 3.63) is 143 Å². The normalized spacial score (nSPS) is 26.8. The Morgan fingerprint density at radius 2 is 0.605 bits per heavy atom. The molecule has 38 heavy (non-hydrogen) atoms. The fourth-order valence-corrected chi connectivity index (χ4v) is 5.96. The number of piperidine rings is 2. The van der Waals surface area contributed by atoms with Gasteiger partial charge in [-0.2, -0.15) is 0 Å². The fourth-order valence-electron chi connectivity index (χ4n) is 5.96. The number of hydrogen-bond acceptors (Lipinski definition) is 3. The molecule has 3 nitrogen and oxygen atoms in total. The number of carbonyl (C=O) groups excluding carboxylic acids is 1. The lowest BCUT2D eigenvalue weighted by Crippen LogP contribution is -2.60. The van der Waals surface area contributed by atoms with Crippen molar-refractivity contribution in [1.29, 1.82) is 0 Å². The summed E-state index contributed by atoms with van der Waals surface area (Å²) in [5, 5.41) is 7.25. The number of nitrogens with one attached hydrogen (secondary N) is 2. The molecule has 4 aromatic carbocycles. The summed E-state index contributed by atoms with van der Waals surface area (Å²) in [6.45, 7) is 0. The van der Waals surface area contributed by atoms with E-state index in [1.165, 1.54) is 48.5 Å². The molecule has 2 fully saturated rings. The van der Waals surface area contributed by atoms with Crippen molar-refractivity contribution >= 4 is 5.78 Å². The van der Waals surface area contributed by atoms with Crippen LogP contribution in [0.15, 0.2) is 97.1 Å². The van der Waals surface area contributed by atoms with Crippen LogP contribution in [0.25, 0.3) is 0 Å². The lowest BCUT2D eigenvalue weighted by atomic mass is 9.64. The molecule has 192 valence electrons. The Morgan fingerprint density at radius 1 is 0.395 bits per heavy atom. The first-order valence-corrected chi connectivity index (χ1v) is 12.5. The summed E-state index contributed by atoms with van der Waals surface area (Å²) in [7, 11) is 0. The summed E-state index contributed by atoms with van der Waals surface area (Å²) in [4.78, 5) is 14.4. The van der Waals surface area contributed by atoms with Gasteiger partial charge in [0.1, 0.15) is 29.1 Å². The molecule has 0 saturated carbocycles. The molecule has 2 N–H and O–H groups in total. The van der Waals surface area contributed by atoms with Gasteiger partial charge in [-0.25, -0.2) is 17.6 Å². The Bertz CT molecular complexity index is 1230. The number of ketones is 1. The third-order valence-electron chi connectivity index (χ3n) is 7.73. The number of hydrogen-bond donors (Lipinski definition) is 2. The Balaban J connectivity index is 1.51. The smallest absolute Gasteiger partial charge is 0.146 e. The third-order valence-corrected chi connectivity index (χ3v) is 7.73. The molecule has 0 radical (unpaired) electrons. The summed E-state index contributed by atoms with van der Waals surface area (Å²) in [5.74, 6) is -2.81. The highest BCUT2D eigenvalue weighted by Gasteiger charge is 2.55. The minimum Gasteiger partial charge on any atom is -0.302 e. The van der Waals surface area contributed by atoms with Crippen molar-refractivity contribution in [2.75, 3.05) is 0 Å². The van der Waals surface area contributed by atoms with Crippen molar-refractivity contribution in [3.8, 4) is 0 Å². The Kier molecular flexibility index (Phi) is 6.33. The second-order valence-corrected chi connectivity index (χ2v) is 9.90. The highest BCUT2D eigenvalue weighted by Crippen LogP contribution is 2.52. The zero-order valence-electron chi connectivity index (χ0n) is 20.1. The number of benzene rings is 4. The van der Waals surface area contributed by atoms with Crippen LogP contribution >= 0.6 is 0 Å². The van der Waals surface area contributed by atoms with E-state index in [1.807, 2.05) is 0 Å². The molecule has 2 unspecified atom stereocenters. The number of Topliss-reactive ketones (excluding diaryl/α,β-unsaturated/α-hetero) is 1. The first kappa shape index (κ1) is 24.5. The van der Waals surface area contributed by atoms with E-state index in [4.69, 9.17) is 0 Å². The molecular formula is C31H24F4N2O. The Labute approximate surface area is 217 Å². The molecule has 2 saturated heterocycles. The van der Waals surface area contributed by atoms with Gasteiger partial charge >= 0.3 is 0 Å². The summed E-state index contributed by atoms with van der Waals surface area (Å²) >= 11 is 0. The first-order valence-electron chi connectivity index (χ1n) is 12.5. The highest BCUT2D eigenvalue weighted by molar-refractivity contribution is 5.89. The quantitative estimate of drug-likeness (QED) is 0.304. The Morgan fingerprint density at radius 3 is 0.816 bits per heavy atom. The second kappa shape index (κ2) is 9.82. The van der Waals surface area contributed by atoms with E-state index >= 15 is 0 Å². The Hall–Kier alpha value is -3.81. The highest BCUT2D eigenvalue weighted by atomic mass is 19.1. The van der Waals surface area contributed by atoms with E-state index in [0.29, 0.717) is 0 Å². The minimum atomic E-state index is -0.607. The van der Waals surface area contributed by atoms with E-state index in [9.17, 15) is 22.4 Å². The molecule has 0 aromatic heterocycles. The summed E-state index contributed by atoms with van der Waals surface area (Å²) in [5.41, 5.74) is 2.91. The maximum atomic E-state index is 14.4. The molecule has 6 rings (SSSR count). The standard InChI is InChI=1S/C31H24F4N2O/c32-21-9-1-17(2-10-21)27-25-28(18-3-11-22(33)12-4-18)37-30(20-7-15-24(35)16-8-20)26(31(25)38)29(36-27)19-5-13-23(34)14-6-19/h1-16,25-30,36-37H/t25?,26?,27-,28+,29-,30+. The molecule has 0 spiro atoms. The van der Waals surface area contributed by atoms with Gasteiger partial charge in [0.05, 0.1) is 11.8 Å². The molecule has 0 aliphatic carbocycles. The van der Waals surface area contributed by atoms with Gasteiger partial charge in [-0.05, 0) is 70.8 Å². The molecule has 2 aliphatic rings. The minimum absolute atomic E-state index is 0.0326.